The Hall–Kier alpha value is -3.09. The van der Waals surface area contributed by atoms with Crippen LogP contribution >= 0.6 is 11.6 Å². The van der Waals surface area contributed by atoms with Crippen LogP contribution in [0.1, 0.15) is 28.4 Å². The van der Waals surface area contributed by atoms with Gasteiger partial charge in [-0.1, -0.05) is 61.0 Å². The molecule has 0 aromatic heterocycles. The molecule has 0 unspecified atom stereocenters. The summed E-state index contributed by atoms with van der Waals surface area (Å²) in [5.41, 5.74) is 3.34. The number of nitrogens with zero attached hydrogens (tertiary/aromatic N) is 1. The highest BCUT2D eigenvalue weighted by molar-refractivity contribution is 7.93. The van der Waals surface area contributed by atoms with Gasteiger partial charge < -0.3 is 5.32 Å². The molecule has 0 aliphatic heterocycles. The van der Waals surface area contributed by atoms with E-state index in [-0.39, 0.29) is 22.0 Å². The number of hydrogen-bond donors (Lipinski definition) is 1. The number of aryl methyl sites for hydroxylation is 2. The third-order valence-electron chi connectivity index (χ3n) is 5.08. The minimum atomic E-state index is -4.05. The fourth-order valence-corrected chi connectivity index (χ4v) is 5.34. The van der Waals surface area contributed by atoms with E-state index in [9.17, 15) is 13.2 Å². The third kappa shape index (κ3) is 4.87. The predicted octanol–water partition coefficient (Wildman–Crippen LogP) is 5.84. The minimum Gasteiger partial charge on any atom is -0.321 e. The first kappa shape index (κ1) is 23.6. The highest BCUT2D eigenvalue weighted by atomic mass is 35.5. The number of carbonyl (C=O) groups is 1. The number of hydrogen-bond acceptors (Lipinski definition) is 3. The summed E-state index contributed by atoms with van der Waals surface area (Å²) in [5, 5.41) is 2.96. The molecule has 0 heterocycles. The molecule has 166 valence electrons. The fraction of sp³-hybridized carbons (Fsp3) is 0.160. The molecule has 5 nitrogen and oxygen atoms in total. The number of para-hydroxylation sites is 2. The Morgan fingerprint density at radius 1 is 1.09 bits per heavy atom. The van der Waals surface area contributed by atoms with Gasteiger partial charge in [0.2, 0.25) is 0 Å². The molecule has 1 N–H and O–H groups in total. The minimum absolute atomic E-state index is 0.0386. The Morgan fingerprint density at radius 2 is 1.81 bits per heavy atom. The number of rotatable bonds is 8. The zero-order chi connectivity index (χ0) is 23.3. The van der Waals surface area contributed by atoms with Crippen molar-refractivity contribution in [2.45, 2.75) is 25.2 Å². The van der Waals surface area contributed by atoms with E-state index in [1.807, 2.05) is 32.0 Å². The van der Waals surface area contributed by atoms with Crippen LogP contribution in [0, 0.1) is 6.92 Å². The lowest BCUT2D eigenvalue weighted by atomic mass is 10.1. The zero-order valence-corrected chi connectivity index (χ0v) is 19.6. The van der Waals surface area contributed by atoms with Gasteiger partial charge in [-0.2, -0.15) is 0 Å². The molecule has 0 aliphatic carbocycles. The van der Waals surface area contributed by atoms with Crippen LogP contribution in [0.25, 0.3) is 0 Å². The molecule has 0 fully saturated rings. The molecule has 32 heavy (non-hydrogen) atoms. The first-order chi connectivity index (χ1) is 15.3. The lowest BCUT2D eigenvalue weighted by Gasteiger charge is -2.24. The van der Waals surface area contributed by atoms with Crippen LogP contribution in [-0.4, -0.2) is 20.9 Å². The Bertz CT molecular complexity index is 1240. The number of amides is 1. The average molecular weight is 469 g/mol. The quantitative estimate of drug-likeness (QED) is 0.422. The number of carbonyl (C=O) groups excluding carboxylic acids is 1. The molecule has 7 heteroatoms. The summed E-state index contributed by atoms with van der Waals surface area (Å²) in [5.74, 6) is -0.405. The van der Waals surface area contributed by atoms with Gasteiger partial charge in [-0.15, -0.1) is 6.58 Å². The van der Waals surface area contributed by atoms with Crippen LogP contribution in [0.4, 0.5) is 11.4 Å². The van der Waals surface area contributed by atoms with Gasteiger partial charge in [0, 0.05) is 11.3 Å². The second-order valence-electron chi connectivity index (χ2n) is 7.22. The highest BCUT2D eigenvalue weighted by Gasteiger charge is 2.27. The van der Waals surface area contributed by atoms with Crippen LogP contribution in [-0.2, 0) is 16.4 Å². The Balaban J connectivity index is 2.01. The van der Waals surface area contributed by atoms with Gasteiger partial charge in [0.05, 0.1) is 17.3 Å². The first-order valence-corrected chi connectivity index (χ1v) is 12.0. The summed E-state index contributed by atoms with van der Waals surface area (Å²) in [6.45, 7) is 7.65. The first-order valence-electron chi connectivity index (χ1n) is 10.2. The molecule has 3 aromatic carbocycles. The van der Waals surface area contributed by atoms with Gasteiger partial charge in [0.1, 0.15) is 4.90 Å². The molecular weight excluding hydrogens is 444 g/mol. The van der Waals surface area contributed by atoms with Gasteiger partial charge in [0.15, 0.2) is 0 Å². The molecular formula is C25H25ClN2O3S. The van der Waals surface area contributed by atoms with Crippen LogP contribution < -0.4 is 9.62 Å². The molecule has 3 aromatic rings. The molecule has 0 radical (unpaired) electrons. The Kier molecular flexibility index (Phi) is 7.38. The topological polar surface area (TPSA) is 66.5 Å². The number of halogens is 1. The van der Waals surface area contributed by atoms with Crippen molar-refractivity contribution in [2.24, 2.45) is 0 Å². The van der Waals surface area contributed by atoms with Gasteiger partial charge >= 0.3 is 0 Å². The number of anilines is 2. The van der Waals surface area contributed by atoms with Crippen LogP contribution in [0.5, 0.6) is 0 Å². The average Bonchev–Trinajstić information content (AvgIpc) is 2.79. The van der Waals surface area contributed by atoms with E-state index in [0.29, 0.717) is 5.69 Å². The number of nitrogens with one attached hydrogen (secondary N) is 1. The summed E-state index contributed by atoms with van der Waals surface area (Å²) in [6.07, 6.45) is 2.25. The van der Waals surface area contributed by atoms with Gasteiger partial charge in [0.25, 0.3) is 15.9 Å². The van der Waals surface area contributed by atoms with E-state index in [4.69, 9.17) is 11.6 Å². The Labute approximate surface area is 194 Å². The van der Waals surface area contributed by atoms with E-state index < -0.39 is 15.9 Å². The van der Waals surface area contributed by atoms with Crippen LogP contribution in [0.3, 0.4) is 0 Å². The predicted molar refractivity (Wildman–Crippen MR) is 131 cm³/mol. The van der Waals surface area contributed by atoms with E-state index >= 15 is 0 Å². The maximum Gasteiger partial charge on any atom is 0.266 e. The monoisotopic (exact) mass is 468 g/mol. The number of sulfonamides is 1. The summed E-state index contributed by atoms with van der Waals surface area (Å²) in [6, 6.07) is 18.7. The summed E-state index contributed by atoms with van der Waals surface area (Å²) >= 11 is 6.29. The van der Waals surface area contributed by atoms with Crippen molar-refractivity contribution in [1.82, 2.24) is 0 Å². The van der Waals surface area contributed by atoms with Crippen molar-refractivity contribution < 1.29 is 13.2 Å². The van der Waals surface area contributed by atoms with E-state index in [1.54, 1.807) is 30.3 Å². The van der Waals surface area contributed by atoms with Crippen molar-refractivity contribution in [1.29, 1.82) is 0 Å². The lowest BCUT2D eigenvalue weighted by molar-refractivity contribution is 0.102. The van der Waals surface area contributed by atoms with Crippen molar-refractivity contribution in [3.63, 3.8) is 0 Å². The summed E-state index contributed by atoms with van der Waals surface area (Å²) in [4.78, 5) is 12.9. The third-order valence-corrected chi connectivity index (χ3v) is 7.35. The van der Waals surface area contributed by atoms with Crippen molar-refractivity contribution in [3.8, 4) is 0 Å². The fourth-order valence-electron chi connectivity index (χ4n) is 3.40. The molecule has 0 saturated heterocycles. The van der Waals surface area contributed by atoms with Crippen molar-refractivity contribution in [3.05, 3.63) is 101 Å². The molecule has 1 amide bonds. The molecule has 3 rings (SSSR count). The Morgan fingerprint density at radius 3 is 2.47 bits per heavy atom. The van der Waals surface area contributed by atoms with Gasteiger partial charge in [-0.3, -0.25) is 9.10 Å². The lowest BCUT2D eigenvalue weighted by Crippen LogP contribution is -2.31. The molecule has 0 bridgehead atoms. The van der Waals surface area contributed by atoms with E-state index in [2.05, 4.69) is 11.9 Å². The van der Waals surface area contributed by atoms with Crippen LogP contribution in [0.15, 0.2) is 84.3 Å². The van der Waals surface area contributed by atoms with E-state index in [1.165, 1.54) is 28.6 Å². The normalized spacial score (nSPS) is 11.1. The number of benzene rings is 3. The highest BCUT2D eigenvalue weighted by Crippen LogP contribution is 2.30. The maximum absolute atomic E-state index is 13.5. The summed E-state index contributed by atoms with van der Waals surface area (Å²) < 4.78 is 28.2. The van der Waals surface area contributed by atoms with Crippen molar-refractivity contribution >= 4 is 38.9 Å². The summed E-state index contributed by atoms with van der Waals surface area (Å²) in [7, 11) is -4.05. The molecule has 0 spiro atoms. The smallest absolute Gasteiger partial charge is 0.266 e. The standard InChI is InChI=1S/C25H25ClN2O3S/c1-4-16-28(21-12-7-6-8-13-21)32(30,31)23-17-20(14-15-22(23)26)25(29)27-24-18(3)10-9-11-19(24)5-2/h4,6-15,17H,1,5,16H2,2-3H3,(H,27,29). The van der Waals surface area contributed by atoms with Crippen molar-refractivity contribution in [2.75, 3.05) is 16.2 Å². The second kappa shape index (κ2) is 10.0. The molecule has 0 atom stereocenters. The SMILES string of the molecule is C=CCN(c1ccccc1)S(=O)(=O)c1cc(C(=O)Nc2c(C)cccc2CC)ccc1Cl. The largest absolute Gasteiger partial charge is 0.321 e. The van der Waals surface area contributed by atoms with Gasteiger partial charge in [-0.25, -0.2) is 8.42 Å². The maximum atomic E-state index is 13.5. The van der Waals surface area contributed by atoms with Crippen LogP contribution in [0.2, 0.25) is 5.02 Å². The zero-order valence-electron chi connectivity index (χ0n) is 18.0. The molecule has 0 saturated carbocycles. The molecule has 0 aliphatic rings. The van der Waals surface area contributed by atoms with E-state index in [0.717, 1.165) is 23.2 Å². The second-order valence-corrected chi connectivity index (χ2v) is 9.46. The van der Waals surface area contributed by atoms with Gasteiger partial charge in [-0.05, 0) is 54.8 Å².